The molecule has 2 aromatic carbocycles. The number of carbonyl (C=O) groups excluding carboxylic acids is 1. The van der Waals surface area contributed by atoms with Gasteiger partial charge in [-0.2, -0.15) is 0 Å². The summed E-state index contributed by atoms with van der Waals surface area (Å²) in [6.07, 6.45) is -6.77. The number of hydrogen-bond donors (Lipinski definition) is 5. The molecule has 0 radical (unpaired) electrons. The van der Waals surface area contributed by atoms with Crippen molar-refractivity contribution in [2.45, 2.75) is 44.0 Å². The number of aliphatic hydroxyl groups is 3. The third kappa shape index (κ3) is 4.42. The van der Waals surface area contributed by atoms with Gasteiger partial charge in [0.25, 0.3) is 0 Å². The Bertz CT molecular complexity index is 1230. The molecular weight excluding hydrogens is 520 g/mol. The van der Waals surface area contributed by atoms with Gasteiger partial charge >= 0.3 is 5.97 Å². The van der Waals surface area contributed by atoms with Crippen molar-refractivity contribution in [2.75, 3.05) is 44.8 Å². The standard InChI is InChI=1S/C26H31ClN2O9/c1-12-3-4-13(27)9-15(12)29-7-5-28(6-8-29)10-14-17-18(21(33)24(36-2)19(14)31)23-25(38-26(17)35)22(34)20(32)16(11-30)37-23/h3-4,9,16,20,22-23,25,30-34H,5-8,10-11H2,1-2H3/t16-,20-,22+,23-,25-/m1/s1. The quantitative estimate of drug-likeness (QED) is 0.340. The number of phenolic OH excluding ortho intramolecular Hbond substituents is 2. The van der Waals surface area contributed by atoms with Crippen molar-refractivity contribution in [1.82, 2.24) is 4.90 Å². The van der Waals surface area contributed by atoms with Crippen molar-refractivity contribution in [2.24, 2.45) is 0 Å². The molecule has 5 rings (SSSR count). The van der Waals surface area contributed by atoms with E-state index in [4.69, 9.17) is 25.8 Å². The maximum Gasteiger partial charge on any atom is 0.339 e. The summed E-state index contributed by atoms with van der Waals surface area (Å²) in [5.41, 5.74) is 2.24. The van der Waals surface area contributed by atoms with E-state index in [0.29, 0.717) is 31.2 Å². The van der Waals surface area contributed by atoms with E-state index in [1.54, 1.807) is 0 Å². The van der Waals surface area contributed by atoms with E-state index in [0.717, 1.165) is 11.3 Å². The fourth-order valence-electron chi connectivity index (χ4n) is 5.56. The summed E-state index contributed by atoms with van der Waals surface area (Å²) in [6, 6.07) is 5.75. The van der Waals surface area contributed by atoms with Crippen LogP contribution in [0.1, 0.15) is 33.2 Å². The average molecular weight is 551 g/mol. The van der Waals surface area contributed by atoms with Gasteiger partial charge in [-0.1, -0.05) is 17.7 Å². The molecule has 3 aliphatic heterocycles. The van der Waals surface area contributed by atoms with Crippen molar-refractivity contribution < 1.29 is 44.5 Å². The highest BCUT2D eigenvalue weighted by atomic mass is 35.5. The topological polar surface area (TPSA) is 152 Å². The molecule has 5 N–H and O–H groups in total. The number of methoxy groups -OCH3 is 1. The van der Waals surface area contributed by atoms with E-state index < -0.39 is 54.6 Å². The lowest BCUT2D eigenvalue weighted by molar-refractivity contribution is -0.235. The second kappa shape index (κ2) is 10.4. The zero-order valence-electron chi connectivity index (χ0n) is 21.0. The number of carbonyl (C=O) groups is 1. The van der Waals surface area contributed by atoms with Crippen LogP contribution in [0, 0.1) is 6.92 Å². The van der Waals surface area contributed by atoms with E-state index in [1.807, 2.05) is 25.1 Å². The number of hydrogen-bond acceptors (Lipinski definition) is 11. The van der Waals surface area contributed by atoms with Gasteiger partial charge in [-0.3, -0.25) is 4.90 Å². The van der Waals surface area contributed by atoms with Gasteiger partial charge in [-0.15, -0.1) is 0 Å². The van der Waals surface area contributed by atoms with E-state index in [2.05, 4.69) is 9.80 Å². The molecule has 0 amide bonds. The van der Waals surface area contributed by atoms with Crippen molar-refractivity contribution in [3.05, 3.63) is 45.5 Å². The Kier molecular flexibility index (Phi) is 7.33. The van der Waals surface area contributed by atoms with Gasteiger partial charge in [0, 0.05) is 54.6 Å². The Balaban J connectivity index is 1.47. The van der Waals surface area contributed by atoms with Crippen LogP contribution in [-0.4, -0.2) is 101 Å². The average Bonchev–Trinajstić information content (AvgIpc) is 2.90. The van der Waals surface area contributed by atoms with Crippen molar-refractivity contribution >= 4 is 23.3 Å². The molecule has 0 aromatic heterocycles. The minimum atomic E-state index is -1.56. The first-order valence-corrected chi connectivity index (χ1v) is 12.8. The molecule has 2 fully saturated rings. The Hall–Kier alpha value is -2.80. The number of halogens is 1. The van der Waals surface area contributed by atoms with Gasteiger partial charge in [-0.25, -0.2) is 4.79 Å². The maximum atomic E-state index is 13.2. The third-order valence-electron chi connectivity index (χ3n) is 7.61. The summed E-state index contributed by atoms with van der Waals surface area (Å²) in [4.78, 5) is 17.5. The first-order chi connectivity index (χ1) is 18.2. The Morgan fingerprint density at radius 2 is 1.82 bits per heavy atom. The van der Waals surface area contributed by atoms with Crippen LogP contribution in [0.3, 0.4) is 0 Å². The summed E-state index contributed by atoms with van der Waals surface area (Å²) >= 11 is 6.20. The normalized spacial score (nSPS) is 27.5. The highest BCUT2D eigenvalue weighted by molar-refractivity contribution is 6.30. The van der Waals surface area contributed by atoms with E-state index >= 15 is 0 Å². The van der Waals surface area contributed by atoms with Gasteiger partial charge in [0.15, 0.2) is 17.6 Å². The first-order valence-electron chi connectivity index (χ1n) is 12.4. The van der Waals surface area contributed by atoms with Crippen molar-refractivity contribution in [3.63, 3.8) is 0 Å². The van der Waals surface area contributed by atoms with Crippen LogP contribution in [-0.2, 0) is 16.0 Å². The second-order valence-electron chi connectivity index (χ2n) is 9.82. The van der Waals surface area contributed by atoms with Crippen LogP contribution in [0.25, 0.3) is 0 Å². The summed E-state index contributed by atoms with van der Waals surface area (Å²) in [7, 11) is 1.27. The molecule has 0 saturated carbocycles. The number of aromatic hydroxyl groups is 2. The number of aryl methyl sites for hydroxylation is 1. The monoisotopic (exact) mass is 550 g/mol. The lowest BCUT2D eigenvalue weighted by Gasteiger charge is -2.45. The molecule has 3 aliphatic rings. The number of fused-ring (bicyclic) bond motifs is 3. The lowest BCUT2D eigenvalue weighted by atomic mass is 9.84. The Morgan fingerprint density at radius 3 is 2.47 bits per heavy atom. The number of piperazine rings is 1. The molecule has 5 atom stereocenters. The molecule has 11 nitrogen and oxygen atoms in total. The molecule has 0 bridgehead atoms. The summed E-state index contributed by atoms with van der Waals surface area (Å²) < 4.78 is 16.5. The number of aliphatic hydroxyl groups excluding tert-OH is 3. The number of phenols is 2. The van der Waals surface area contributed by atoms with Gasteiger partial charge in [0.1, 0.15) is 24.4 Å². The minimum absolute atomic E-state index is 0.0199. The predicted molar refractivity (Wildman–Crippen MR) is 136 cm³/mol. The third-order valence-corrected chi connectivity index (χ3v) is 7.85. The summed E-state index contributed by atoms with van der Waals surface area (Å²) in [5.74, 6) is -2.06. The molecule has 0 unspecified atom stereocenters. The second-order valence-corrected chi connectivity index (χ2v) is 10.3. The number of esters is 1. The highest BCUT2D eigenvalue weighted by Gasteiger charge is 2.53. The Morgan fingerprint density at radius 1 is 1.11 bits per heavy atom. The maximum absolute atomic E-state index is 13.2. The van der Waals surface area contributed by atoms with Gasteiger partial charge < -0.3 is 44.6 Å². The van der Waals surface area contributed by atoms with Gasteiger partial charge in [0.05, 0.1) is 19.3 Å². The zero-order valence-corrected chi connectivity index (χ0v) is 21.8. The lowest BCUT2D eigenvalue weighted by Crippen LogP contribution is -2.58. The summed E-state index contributed by atoms with van der Waals surface area (Å²) in [5, 5.41) is 53.2. The molecule has 0 aliphatic carbocycles. The number of benzene rings is 2. The molecule has 0 spiro atoms. The summed E-state index contributed by atoms with van der Waals surface area (Å²) in [6.45, 7) is 4.14. The van der Waals surface area contributed by atoms with E-state index in [-0.39, 0.29) is 29.0 Å². The van der Waals surface area contributed by atoms with Crippen LogP contribution >= 0.6 is 11.6 Å². The van der Waals surface area contributed by atoms with Gasteiger partial charge in [0.2, 0.25) is 5.75 Å². The number of rotatable bonds is 5. The fraction of sp³-hybridized carbons (Fsp3) is 0.500. The van der Waals surface area contributed by atoms with E-state index in [1.165, 1.54) is 7.11 Å². The SMILES string of the molecule is COc1c(O)c(CN2CCN(c3cc(Cl)ccc3C)CC2)c2c(c1O)[C@H]1O[C@H](CO)[C@@H](O)[C@H](O)[C@H]1OC2=O. The predicted octanol–water partition coefficient (Wildman–Crippen LogP) is 1.08. The molecule has 2 saturated heterocycles. The van der Waals surface area contributed by atoms with E-state index in [9.17, 15) is 30.3 Å². The molecule has 206 valence electrons. The zero-order chi connectivity index (χ0) is 27.3. The van der Waals surface area contributed by atoms with Crippen molar-refractivity contribution in [3.8, 4) is 17.2 Å². The molecule has 38 heavy (non-hydrogen) atoms. The molecule has 3 heterocycles. The van der Waals surface area contributed by atoms with Crippen LogP contribution < -0.4 is 9.64 Å². The number of anilines is 1. The fourth-order valence-corrected chi connectivity index (χ4v) is 5.73. The largest absolute Gasteiger partial charge is 0.504 e. The first kappa shape index (κ1) is 26.8. The number of nitrogens with zero attached hydrogens (tertiary/aromatic N) is 2. The smallest absolute Gasteiger partial charge is 0.339 e. The van der Waals surface area contributed by atoms with Crippen LogP contribution in [0.15, 0.2) is 18.2 Å². The Labute approximate surface area is 224 Å². The van der Waals surface area contributed by atoms with Crippen LogP contribution in [0.4, 0.5) is 5.69 Å². The minimum Gasteiger partial charge on any atom is -0.504 e. The van der Waals surface area contributed by atoms with Crippen molar-refractivity contribution in [1.29, 1.82) is 0 Å². The molecule has 12 heteroatoms. The van der Waals surface area contributed by atoms with Crippen LogP contribution in [0.5, 0.6) is 17.2 Å². The van der Waals surface area contributed by atoms with Crippen LogP contribution in [0.2, 0.25) is 5.02 Å². The molecular formula is C26H31ClN2O9. The highest BCUT2D eigenvalue weighted by Crippen LogP contribution is 2.52. The number of ether oxygens (including phenoxy) is 3. The van der Waals surface area contributed by atoms with Gasteiger partial charge in [-0.05, 0) is 24.6 Å². The molecule has 2 aromatic rings.